The van der Waals surface area contributed by atoms with Crippen molar-refractivity contribution in [3.63, 3.8) is 0 Å². The Morgan fingerprint density at radius 2 is 1.17 bits per heavy atom. The first-order valence-corrected chi connectivity index (χ1v) is 10.1. The predicted octanol–water partition coefficient (Wildman–Crippen LogP) is 1.89. The maximum Gasteiger partial charge on any atom is 0.126 e. The number of halogens is 5. The first kappa shape index (κ1) is 23.2. The summed E-state index contributed by atoms with van der Waals surface area (Å²) < 4.78 is 56.7. The average Bonchev–Trinajstić information content (AvgIpc) is 2.78. The molecule has 2 aromatic rings. The Labute approximate surface area is 184 Å². The highest BCUT2D eigenvalue weighted by molar-refractivity contribution is 5.37. The normalized spacial score (nSPS) is 25.1. The fourth-order valence-electron chi connectivity index (χ4n) is 5.57. The zero-order valence-corrected chi connectivity index (χ0v) is 18.6. The Morgan fingerprint density at radius 1 is 0.800 bits per heavy atom. The van der Waals surface area contributed by atoms with Gasteiger partial charge < -0.3 is 26.6 Å². The summed E-state index contributed by atoms with van der Waals surface area (Å²) in [6, 6.07) is 6.53. The summed E-state index contributed by atoms with van der Waals surface area (Å²) in [4.78, 5) is 0. The number of hydrogen-bond acceptors (Lipinski definition) is 1. The molecule has 2 saturated heterocycles. The number of fused-ring (bicyclic) bond motifs is 2. The van der Waals surface area contributed by atoms with Crippen LogP contribution >= 0.6 is 0 Å². The third-order valence-electron chi connectivity index (χ3n) is 7.19. The highest BCUT2D eigenvalue weighted by Gasteiger charge is 2.50. The van der Waals surface area contributed by atoms with E-state index in [-0.39, 0.29) is 40.4 Å². The van der Waals surface area contributed by atoms with Crippen LogP contribution in [0.15, 0.2) is 36.4 Å². The van der Waals surface area contributed by atoms with E-state index in [9.17, 15) is 22.7 Å². The summed E-state index contributed by atoms with van der Waals surface area (Å²) >= 11 is 0. The highest BCUT2D eigenvalue weighted by Crippen LogP contribution is 2.47. The highest BCUT2D eigenvalue weighted by atomic mass is 79.9. The number of benzene rings is 2. The number of rotatable bonds is 4. The van der Waals surface area contributed by atoms with Crippen molar-refractivity contribution in [2.24, 2.45) is 5.92 Å². The third-order valence-corrected chi connectivity index (χ3v) is 7.19. The fraction of sp³-hybridized carbons (Fsp3) is 0.478. The van der Waals surface area contributed by atoms with Gasteiger partial charge in [0.1, 0.15) is 28.9 Å². The standard InChI is InChI=1S/C23H26F4NO.BrH/c1-28(2)21-3-4-22(28)6-14(5-21)13-23(29,15-7-17(24)11-18(25)8-15)16-9-19(26)12-20(27)10-16;/h7-12,14,21-22,29H,3-6,13H2,1-2H3;1H/q+1;/p-1/t21-,22-;/m0./s1. The number of aliphatic hydroxyl groups is 1. The van der Waals surface area contributed by atoms with E-state index in [0.717, 1.165) is 66.6 Å². The number of quaternary nitrogens is 1. The van der Waals surface area contributed by atoms with Gasteiger partial charge in [-0.1, -0.05) is 0 Å². The smallest absolute Gasteiger partial charge is 0.126 e. The molecule has 2 nitrogen and oxygen atoms in total. The molecule has 2 bridgehead atoms. The first-order chi connectivity index (χ1) is 13.6. The van der Waals surface area contributed by atoms with Gasteiger partial charge in [-0.3, -0.25) is 0 Å². The van der Waals surface area contributed by atoms with Gasteiger partial charge in [0.15, 0.2) is 0 Å². The van der Waals surface area contributed by atoms with Crippen LogP contribution in [0.5, 0.6) is 0 Å². The van der Waals surface area contributed by atoms with Crippen LogP contribution in [0, 0.1) is 29.2 Å². The minimum Gasteiger partial charge on any atom is -1.00 e. The molecule has 0 spiro atoms. The molecule has 2 aromatic carbocycles. The Balaban J connectivity index is 0.00000256. The van der Waals surface area contributed by atoms with Gasteiger partial charge in [0.25, 0.3) is 0 Å². The van der Waals surface area contributed by atoms with Crippen molar-refractivity contribution in [2.45, 2.75) is 49.8 Å². The summed E-state index contributed by atoms with van der Waals surface area (Å²) in [6.45, 7) is 0. The molecular formula is C23H26BrF4NO. The number of hydrogen-bond donors (Lipinski definition) is 1. The van der Waals surface area contributed by atoms with Crippen molar-refractivity contribution < 1.29 is 44.1 Å². The summed E-state index contributed by atoms with van der Waals surface area (Å²) in [7, 11) is 4.43. The SMILES string of the molecule is C[N+]1(C)[C@H]2CC[C@H]1CC(CC(O)(c1cc(F)cc(F)c1)c1cc(F)cc(F)c1)C2.[Br-]. The van der Waals surface area contributed by atoms with E-state index in [1.165, 1.54) is 0 Å². The van der Waals surface area contributed by atoms with Crippen molar-refractivity contribution in [1.29, 1.82) is 0 Å². The topological polar surface area (TPSA) is 20.2 Å². The Bertz CT molecular complexity index is 827. The Kier molecular flexibility index (Phi) is 6.38. The van der Waals surface area contributed by atoms with E-state index < -0.39 is 28.9 Å². The van der Waals surface area contributed by atoms with Crippen LogP contribution in [0.1, 0.15) is 43.2 Å². The number of nitrogens with zero attached hydrogens (tertiary/aromatic N) is 1. The molecule has 164 valence electrons. The second-order valence-electron chi connectivity index (χ2n) is 9.23. The third kappa shape index (κ3) is 4.16. The largest absolute Gasteiger partial charge is 1.00 e. The molecule has 0 amide bonds. The maximum atomic E-state index is 13.9. The molecule has 1 N–H and O–H groups in total. The lowest BCUT2D eigenvalue weighted by atomic mass is 9.75. The molecule has 4 rings (SSSR count). The van der Waals surface area contributed by atoms with Crippen molar-refractivity contribution in [1.82, 2.24) is 0 Å². The number of piperidine rings is 1. The minimum atomic E-state index is -1.88. The van der Waals surface area contributed by atoms with Gasteiger partial charge in [-0.15, -0.1) is 0 Å². The average molecular weight is 488 g/mol. The molecule has 0 radical (unpaired) electrons. The molecule has 0 aromatic heterocycles. The summed E-state index contributed by atoms with van der Waals surface area (Å²) in [5.74, 6) is -3.26. The van der Waals surface area contributed by atoms with Gasteiger partial charge in [-0.2, -0.15) is 0 Å². The molecule has 0 aliphatic carbocycles. The molecule has 0 saturated carbocycles. The van der Waals surface area contributed by atoms with Crippen LogP contribution in [0.25, 0.3) is 0 Å². The molecule has 2 heterocycles. The van der Waals surface area contributed by atoms with E-state index in [1.807, 2.05) is 0 Å². The van der Waals surface area contributed by atoms with Crippen molar-refractivity contribution in [3.8, 4) is 0 Å². The predicted molar refractivity (Wildman–Crippen MR) is 102 cm³/mol. The van der Waals surface area contributed by atoms with E-state index in [4.69, 9.17) is 0 Å². The first-order valence-electron chi connectivity index (χ1n) is 10.1. The Hall–Kier alpha value is -1.44. The van der Waals surface area contributed by atoms with Gasteiger partial charge in [0.05, 0.1) is 26.2 Å². The quantitative estimate of drug-likeness (QED) is 0.515. The molecule has 2 fully saturated rings. The fourth-order valence-corrected chi connectivity index (χ4v) is 5.57. The van der Waals surface area contributed by atoms with Gasteiger partial charge >= 0.3 is 0 Å². The van der Waals surface area contributed by atoms with E-state index in [1.54, 1.807) is 0 Å². The van der Waals surface area contributed by atoms with Crippen molar-refractivity contribution >= 4 is 0 Å². The van der Waals surface area contributed by atoms with Crippen LogP contribution in [-0.2, 0) is 5.60 Å². The van der Waals surface area contributed by atoms with Crippen LogP contribution in [0.3, 0.4) is 0 Å². The molecule has 30 heavy (non-hydrogen) atoms. The zero-order valence-electron chi connectivity index (χ0n) is 17.0. The van der Waals surface area contributed by atoms with Crippen molar-refractivity contribution in [2.75, 3.05) is 14.1 Å². The molecule has 0 unspecified atom stereocenters. The van der Waals surface area contributed by atoms with Gasteiger partial charge in [-0.05, 0) is 47.7 Å². The zero-order chi connectivity index (χ0) is 21.0. The second kappa shape index (κ2) is 8.24. The van der Waals surface area contributed by atoms with E-state index in [0.29, 0.717) is 12.1 Å². The van der Waals surface area contributed by atoms with Crippen LogP contribution in [0.4, 0.5) is 17.6 Å². The second-order valence-corrected chi connectivity index (χ2v) is 9.23. The molecule has 2 aliphatic heterocycles. The summed E-state index contributed by atoms with van der Waals surface area (Å²) in [5, 5.41) is 11.7. The summed E-state index contributed by atoms with van der Waals surface area (Å²) in [6.07, 6.45) is 4.10. The van der Waals surface area contributed by atoms with Gasteiger partial charge in [0, 0.05) is 37.8 Å². The van der Waals surface area contributed by atoms with Crippen LogP contribution in [-0.4, -0.2) is 35.8 Å². The molecule has 2 aliphatic rings. The summed E-state index contributed by atoms with van der Waals surface area (Å²) in [5.41, 5.74) is -1.93. The monoisotopic (exact) mass is 487 g/mol. The van der Waals surface area contributed by atoms with E-state index in [2.05, 4.69) is 14.1 Å². The lowest BCUT2D eigenvalue weighted by molar-refractivity contribution is -0.931. The maximum absolute atomic E-state index is 13.9. The molecular weight excluding hydrogens is 462 g/mol. The minimum absolute atomic E-state index is 0. The van der Waals surface area contributed by atoms with Crippen molar-refractivity contribution in [3.05, 3.63) is 70.8 Å². The Morgan fingerprint density at radius 3 is 1.53 bits per heavy atom. The molecule has 7 heteroatoms. The lowest BCUT2D eigenvalue weighted by Crippen LogP contribution is -3.00. The lowest BCUT2D eigenvalue weighted by Gasteiger charge is -2.46. The van der Waals surface area contributed by atoms with Crippen LogP contribution < -0.4 is 17.0 Å². The van der Waals surface area contributed by atoms with E-state index >= 15 is 0 Å². The van der Waals surface area contributed by atoms with Gasteiger partial charge in [0.2, 0.25) is 0 Å². The van der Waals surface area contributed by atoms with Crippen LogP contribution in [0.2, 0.25) is 0 Å². The van der Waals surface area contributed by atoms with Gasteiger partial charge in [-0.25, -0.2) is 17.6 Å². The molecule has 2 atom stereocenters.